The summed E-state index contributed by atoms with van der Waals surface area (Å²) >= 11 is 3.42. The molecule has 7 heteroatoms. The second-order valence-electron chi connectivity index (χ2n) is 5.42. The van der Waals surface area contributed by atoms with E-state index in [-0.39, 0.29) is 5.91 Å². The van der Waals surface area contributed by atoms with Crippen LogP contribution in [-0.2, 0) is 9.53 Å². The number of nitrogens with zero attached hydrogens (tertiary/aromatic N) is 2. The molecule has 1 N–H and O–H groups in total. The number of methoxy groups -OCH3 is 1. The Kier molecular flexibility index (Phi) is 5.79. The van der Waals surface area contributed by atoms with Crippen molar-refractivity contribution < 1.29 is 14.3 Å². The number of hydrogen-bond donors (Lipinski definition) is 1. The fourth-order valence-electron chi connectivity index (χ4n) is 1.89. The van der Waals surface area contributed by atoms with Crippen molar-refractivity contribution in [2.24, 2.45) is 0 Å². The van der Waals surface area contributed by atoms with Crippen molar-refractivity contribution in [2.75, 3.05) is 20.3 Å². The molecule has 0 saturated heterocycles. The van der Waals surface area contributed by atoms with Gasteiger partial charge in [0.25, 0.3) is 5.91 Å². The van der Waals surface area contributed by atoms with Crippen LogP contribution in [0, 0.1) is 0 Å². The van der Waals surface area contributed by atoms with E-state index in [4.69, 9.17) is 9.47 Å². The Morgan fingerprint density at radius 1 is 1.35 bits per heavy atom. The highest BCUT2D eigenvalue weighted by Gasteiger charge is 2.31. The first-order chi connectivity index (χ1) is 10.9. The number of ether oxygens (including phenoxy) is 2. The minimum atomic E-state index is -1.05. The first kappa shape index (κ1) is 17.5. The van der Waals surface area contributed by atoms with Crippen LogP contribution in [0.15, 0.2) is 41.0 Å². The van der Waals surface area contributed by atoms with Gasteiger partial charge in [-0.25, -0.2) is 4.68 Å². The van der Waals surface area contributed by atoms with Crippen LogP contribution < -0.4 is 10.1 Å². The first-order valence-electron chi connectivity index (χ1n) is 7.21. The van der Waals surface area contributed by atoms with E-state index >= 15 is 0 Å². The van der Waals surface area contributed by atoms with Crippen molar-refractivity contribution in [1.82, 2.24) is 15.1 Å². The van der Waals surface area contributed by atoms with Crippen molar-refractivity contribution in [3.63, 3.8) is 0 Å². The number of carbonyl (C=O) groups is 1. The summed E-state index contributed by atoms with van der Waals surface area (Å²) in [6.45, 7) is 4.28. The van der Waals surface area contributed by atoms with Gasteiger partial charge in [-0.15, -0.1) is 5.10 Å². The van der Waals surface area contributed by atoms with Crippen molar-refractivity contribution in [3.8, 4) is 11.6 Å². The molecule has 0 radical (unpaired) electrons. The lowest BCUT2D eigenvalue weighted by Gasteiger charge is -2.24. The van der Waals surface area contributed by atoms with Crippen LogP contribution in [0.5, 0.6) is 5.88 Å². The maximum absolute atomic E-state index is 12.2. The molecule has 0 atom stereocenters. The zero-order valence-corrected chi connectivity index (χ0v) is 15.0. The van der Waals surface area contributed by atoms with E-state index in [1.54, 1.807) is 31.8 Å². The minimum Gasteiger partial charge on any atom is -0.460 e. The molecule has 0 fully saturated rings. The van der Waals surface area contributed by atoms with Gasteiger partial charge in [-0.05, 0) is 41.9 Å². The topological polar surface area (TPSA) is 65.4 Å². The molecule has 0 aliphatic heterocycles. The van der Waals surface area contributed by atoms with Gasteiger partial charge in [0.15, 0.2) is 5.60 Å². The molecular weight excluding hydrogens is 362 g/mol. The zero-order chi connectivity index (χ0) is 16.9. The Labute approximate surface area is 143 Å². The van der Waals surface area contributed by atoms with E-state index in [9.17, 15) is 4.79 Å². The van der Waals surface area contributed by atoms with Crippen LogP contribution in [0.2, 0.25) is 0 Å². The third kappa shape index (κ3) is 4.56. The molecule has 23 heavy (non-hydrogen) atoms. The Morgan fingerprint density at radius 2 is 2.04 bits per heavy atom. The molecule has 0 aliphatic carbocycles. The average molecular weight is 382 g/mol. The fourth-order valence-corrected chi connectivity index (χ4v) is 2.24. The van der Waals surface area contributed by atoms with E-state index in [2.05, 4.69) is 26.3 Å². The van der Waals surface area contributed by atoms with Crippen molar-refractivity contribution >= 4 is 21.8 Å². The van der Waals surface area contributed by atoms with E-state index in [1.165, 1.54) is 0 Å². The molecule has 124 valence electrons. The summed E-state index contributed by atoms with van der Waals surface area (Å²) in [5.41, 5.74) is -0.142. The molecule has 0 aliphatic rings. The highest BCUT2D eigenvalue weighted by atomic mass is 79.9. The first-order valence-corrected chi connectivity index (χ1v) is 8.00. The normalized spacial score (nSPS) is 11.3. The molecule has 0 unspecified atom stereocenters. The van der Waals surface area contributed by atoms with Gasteiger partial charge in [-0.2, -0.15) is 0 Å². The van der Waals surface area contributed by atoms with Gasteiger partial charge in [0, 0.05) is 19.9 Å². The molecule has 2 rings (SSSR count). The van der Waals surface area contributed by atoms with E-state index in [0.29, 0.717) is 23.5 Å². The lowest BCUT2D eigenvalue weighted by atomic mass is 10.1. The van der Waals surface area contributed by atoms with Gasteiger partial charge < -0.3 is 14.8 Å². The Hall–Kier alpha value is -1.86. The molecule has 0 saturated carbocycles. The summed E-state index contributed by atoms with van der Waals surface area (Å²) in [5, 5.41) is 7.15. The van der Waals surface area contributed by atoms with Crippen LogP contribution in [0.25, 0.3) is 5.69 Å². The largest absolute Gasteiger partial charge is 0.460 e. The van der Waals surface area contributed by atoms with Gasteiger partial charge in [0.1, 0.15) is 0 Å². The number of carbonyl (C=O) groups excluding carboxylic acids is 1. The number of aromatic nitrogens is 2. The van der Waals surface area contributed by atoms with Gasteiger partial charge in [0.05, 0.1) is 16.8 Å². The van der Waals surface area contributed by atoms with Crippen LogP contribution in [0.1, 0.15) is 13.8 Å². The van der Waals surface area contributed by atoms with E-state index in [1.807, 2.05) is 30.3 Å². The molecule has 2 aromatic rings. The predicted octanol–water partition coefficient (Wildman–Crippen LogP) is 2.55. The Morgan fingerprint density at radius 3 is 2.70 bits per heavy atom. The Balaban J connectivity index is 2.10. The molecule has 1 heterocycles. The monoisotopic (exact) mass is 381 g/mol. The van der Waals surface area contributed by atoms with Gasteiger partial charge >= 0.3 is 0 Å². The molecule has 6 nitrogen and oxygen atoms in total. The molecule has 0 spiro atoms. The number of para-hydroxylation sites is 1. The summed E-state index contributed by atoms with van der Waals surface area (Å²) in [7, 11) is 1.58. The summed E-state index contributed by atoms with van der Waals surface area (Å²) < 4.78 is 13.1. The number of amides is 1. The van der Waals surface area contributed by atoms with E-state index in [0.717, 1.165) is 5.69 Å². The average Bonchev–Trinajstić information content (AvgIpc) is 2.88. The molecule has 1 amide bonds. The smallest absolute Gasteiger partial charge is 0.263 e. The highest BCUT2D eigenvalue weighted by molar-refractivity contribution is 9.10. The second kappa shape index (κ2) is 7.61. The van der Waals surface area contributed by atoms with Crippen LogP contribution >= 0.6 is 15.9 Å². The van der Waals surface area contributed by atoms with Crippen LogP contribution in [0.3, 0.4) is 0 Å². The molecule has 1 aromatic heterocycles. The summed E-state index contributed by atoms with van der Waals surface area (Å²) in [6.07, 6.45) is 1.80. The van der Waals surface area contributed by atoms with Crippen LogP contribution in [0.4, 0.5) is 0 Å². The predicted molar refractivity (Wildman–Crippen MR) is 90.9 cm³/mol. The molecule has 1 aromatic carbocycles. The van der Waals surface area contributed by atoms with Gasteiger partial charge in [-0.3, -0.25) is 4.79 Å². The van der Waals surface area contributed by atoms with E-state index < -0.39 is 5.60 Å². The van der Waals surface area contributed by atoms with Crippen molar-refractivity contribution in [3.05, 3.63) is 41.0 Å². The SMILES string of the molecule is COCCNC(=O)C(C)(C)Oc1nn(-c2ccccc2)cc1Br. The zero-order valence-electron chi connectivity index (χ0n) is 13.4. The Bertz CT molecular complexity index is 656. The number of benzene rings is 1. The molecular formula is C16H20BrN3O3. The number of hydrogen-bond acceptors (Lipinski definition) is 4. The van der Waals surface area contributed by atoms with Crippen molar-refractivity contribution in [1.29, 1.82) is 0 Å². The third-order valence-electron chi connectivity index (χ3n) is 3.15. The number of nitrogens with one attached hydrogen (secondary N) is 1. The summed E-state index contributed by atoms with van der Waals surface area (Å²) in [6, 6.07) is 9.67. The number of rotatable bonds is 7. The number of halogens is 1. The van der Waals surface area contributed by atoms with Crippen molar-refractivity contribution in [2.45, 2.75) is 19.4 Å². The summed E-state index contributed by atoms with van der Waals surface area (Å²) in [4.78, 5) is 12.2. The summed E-state index contributed by atoms with van der Waals surface area (Å²) in [5.74, 6) is 0.136. The maximum Gasteiger partial charge on any atom is 0.263 e. The third-order valence-corrected chi connectivity index (χ3v) is 3.69. The quantitative estimate of drug-likeness (QED) is 0.748. The van der Waals surface area contributed by atoms with Crippen LogP contribution in [-0.4, -0.2) is 41.6 Å². The standard InChI is InChI=1S/C16H20BrN3O3/c1-16(2,15(21)18-9-10-22-3)23-14-13(17)11-20(19-14)12-7-5-4-6-8-12/h4-8,11H,9-10H2,1-3H3,(H,18,21). The molecule has 0 bridgehead atoms. The maximum atomic E-state index is 12.2. The van der Waals surface area contributed by atoms with Gasteiger partial charge in [0.2, 0.25) is 5.88 Å². The highest BCUT2D eigenvalue weighted by Crippen LogP contribution is 2.28. The lowest BCUT2D eigenvalue weighted by Crippen LogP contribution is -2.47. The fraction of sp³-hybridized carbons (Fsp3) is 0.375. The van der Waals surface area contributed by atoms with Gasteiger partial charge in [-0.1, -0.05) is 18.2 Å². The minimum absolute atomic E-state index is 0.226. The lowest BCUT2D eigenvalue weighted by molar-refractivity contribution is -0.134. The second-order valence-corrected chi connectivity index (χ2v) is 6.28.